The summed E-state index contributed by atoms with van der Waals surface area (Å²) in [6.07, 6.45) is 3.35. The standard InChI is InChI=1S/C13H16N4O2/c18-13(19)11-5-3-10(4-6-11)8-14-7-1-2-12-15-9-16-17-12/h3-6,9,14H,1-2,7-8H2,(H,18,19)(H,15,16,17). The molecule has 0 unspecified atom stereocenters. The molecule has 3 N–H and O–H groups in total. The molecule has 0 spiro atoms. The number of nitrogens with zero attached hydrogens (tertiary/aromatic N) is 2. The average Bonchev–Trinajstić information content (AvgIpc) is 2.92. The summed E-state index contributed by atoms with van der Waals surface area (Å²) in [6, 6.07) is 6.89. The van der Waals surface area contributed by atoms with Crippen LogP contribution in [0.15, 0.2) is 30.6 Å². The van der Waals surface area contributed by atoms with Gasteiger partial charge in [0.15, 0.2) is 0 Å². The quantitative estimate of drug-likeness (QED) is 0.651. The number of rotatable bonds is 7. The molecular formula is C13H16N4O2. The van der Waals surface area contributed by atoms with Crippen LogP contribution in [0.25, 0.3) is 0 Å². The molecule has 0 fully saturated rings. The number of aryl methyl sites for hydroxylation is 1. The Morgan fingerprint density at radius 3 is 2.74 bits per heavy atom. The highest BCUT2D eigenvalue weighted by molar-refractivity contribution is 5.87. The van der Waals surface area contributed by atoms with E-state index in [1.165, 1.54) is 6.33 Å². The fourth-order valence-corrected chi connectivity index (χ4v) is 1.73. The predicted molar refractivity (Wildman–Crippen MR) is 69.8 cm³/mol. The molecule has 0 radical (unpaired) electrons. The Hall–Kier alpha value is -2.21. The molecule has 2 aromatic rings. The monoisotopic (exact) mass is 260 g/mol. The van der Waals surface area contributed by atoms with Crippen LogP contribution in [0.1, 0.15) is 28.2 Å². The van der Waals surface area contributed by atoms with Gasteiger partial charge in [-0.05, 0) is 30.7 Å². The summed E-state index contributed by atoms with van der Waals surface area (Å²) >= 11 is 0. The first kappa shape index (κ1) is 13.2. The Kier molecular flexibility index (Phi) is 4.63. The summed E-state index contributed by atoms with van der Waals surface area (Å²) in [5, 5.41) is 18.7. The first-order valence-electron chi connectivity index (χ1n) is 6.13. The van der Waals surface area contributed by atoms with Crippen LogP contribution in [0.5, 0.6) is 0 Å². The number of aromatic amines is 1. The van der Waals surface area contributed by atoms with Crippen molar-refractivity contribution in [3.8, 4) is 0 Å². The van der Waals surface area contributed by atoms with Crippen LogP contribution in [0, 0.1) is 0 Å². The molecule has 0 bridgehead atoms. The van der Waals surface area contributed by atoms with E-state index in [1.54, 1.807) is 12.1 Å². The SMILES string of the molecule is O=C(O)c1ccc(CNCCCc2ncn[nH]2)cc1. The fraction of sp³-hybridized carbons (Fsp3) is 0.308. The first-order valence-corrected chi connectivity index (χ1v) is 6.13. The Morgan fingerprint density at radius 1 is 1.32 bits per heavy atom. The number of nitrogens with one attached hydrogen (secondary N) is 2. The van der Waals surface area contributed by atoms with Crippen molar-refractivity contribution in [2.45, 2.75) is 19.4 Å². The van der Waals surface area contributed by atoms with Crippen molar-refractivity contribution in [3.05, 3.63) is 47.5 Å². The summed E-state index contributed by atoms with van der Waals surface area (Å²) < 4.78 is 0. The summed E-state index contributed by atoms with van der Waals surface area (Å²) in [7, 11) is 0. The lowest BCUT2D eigenvalue weighted by molar-refractivity contribution is 0.0697. The third-order valence-electron chi connectivity index (χ3n) is 2.76. The van der Waals surface area contributed by atoms with Crippen LogP contribution in [0.3, 0.4) is 0 Å². The zero-order chi connectivity index (χ0) is 13.5. The molecule has 2 rings (SSSR count). The third-order valence-corrected chi connectivity index (χ3v) is 2.76. The van der Waals surface area contributed by atoms with E-state index in [0.29, 0.717) is 5.56 Å². The van der Waals surface area contributed by atoms with Gasteiger partial charge in [0, 0.05) is 13.0 Å². The molecule has 0 saturated heterocycles. The molecule has 0 aliphatic carbocycles. The lowest BCUT2D eigenvalue weighted by Gasteiger charge is -2.04. The highest BCUT2D eigenvalue weighted by Crippen LogP contribution is 2.04. The lowest BCUT2D eigenvalue weighted by Crippen LogP contribution is -2.15. The number of hydrogen-bond donors (Lipinski definition) is 3. The second kappa shape index (κ2) is 6.65. The number of carboxylic acid groups (broad SMARTS) is 1. The van der Waals surface area contributed by atoms with Crippen molar-refractivity contribution in [2.75, 3.05) is 6.54 Å². The maximum atomic E-state index is 10.7. The minimum absolute atomic E-state index is 0.314. The summed E-state index contributed by atoms with van der Waals surface area (Å²) in [5.41, 5.74) is 1.39. The van der Waals surface area contributed by atoms with Crippen LogP contribution in [-0.2, 0) is 13.0 Å². The molecule has 0 aliphatic rings. The van der Waals surface area contributed by atoms with Gasteiger partial charge in [-0.15, -0.1) is 0 Å². The van der Waals surface area contributed by atoms with Gasteiger partial charge in [-0.3, -0.25) is 5.10 Å². The maximum absolute atomic E-state index is 10.7. The molecule has 1 aromatic carbocycles. The summed E-state index contributed by atoms with van der Waals surface area (Å²) in [6.45, 7) is 1.61. The molecule has 0 amide bonds. The van der Waals surface area contributed by atoms with Crippen molar-refractivity contribution >= 4 is 5.97 Å². The molecule has 1 heterocycles. The minimum Gasteiger partial charge on any atom is -0.478 e. The lowest BCUT2D eigenvalue weighted by atomic mass is 10.1. The Balaban J connectivity index is 1.66. The van der Waals surface area contributed by atoms with Crippen molar-refractivity contribution in [2.24, 2.45) is 0 Å². The van der Waals surface area contributed by atoms with Gasteiger partial charge >= 0.3 is 5.97 Å². The molecule has 0 atom stereocenters. The number of aromatic nitrogens is 3. The van der Waals surface area contributed by atoms with E-state index in [2.05, 4.69) is 20.5 Å². The average molecular weight is 260 g/mol. The minimum atomic E-state index is -0.897. The fourth-order valence-electron chi connectivity index (χ4n) is 1.73. The van der Waals surface area contributed by atoms with Gasteiger partial charge in [0.1, 0.15) is 12.2 Å². The van der Waals surface area contributed by atoms with Crippen LogP contribution in [0.4, 0.5) is 0 Å². The molecule has 6 heteroatoms. The smallest absolute Gasteiger partial charge is 0.335 e. The first-order chi connectivity index (χ1) is 9.25. The Bertz CT molecular complexity index is 508. The van der Waals surface area contributed by atoms with Gasteiger partial charge in [0.05, 0.1) is 5.56 Å². The zero-order valence-corrected chi connectivity index (χ0v) is 10.5. The van der Waals surface area contributed by atoms with E-state index in [4.69, 9.17) is 5.11 Å². The third kappa shape index (κ3) is 4.18. The largest absolute Gasteiger partial charge is 0.478 e. The Morgan fingerprint density at radius 2 is 2.11 bits per heavy atom. The number of hydrogen-bond acceptors (Lipinski definition) is 4. The molecule has 0 saturated carbocycles. The number of aromatic carboxylic acids is 1. The van der Waals surface area contributed by atoms with Gasteiger partial charge in [0.2, 0.25) is 0 Å². The highest BCUT2D eigenvalue weighted by Gasteiger charge is 2.01. The van der Waals surface area contributed by atoms with E-state index in [0.717, 1.165) is 37.3 Å². The van der Waals surface area contributed by atoms with Crippen LogP contribution < -0.4 is 5.32 Å². The van der Waals surface area contributed by atoms with E-state index < -0.39 is 5.97 Å². The van der Waals surface area contributed by atoms with E-state index in [9.17, 15) is 4.79 Å². The molecule has 0 aliphatic heterocycles. The van der Waals surface area contributed by atoms with Crippen molar-refractivity contribution in [1.29, 1.82) is 0 Å². The highest BCUT2D eigenvalue weighted by atomic mass is 16.4. The van der Waals surface area contributed by atoms with Crippen molar-refractivity contribution < 1.29 is 9.90 Å². The van der Waals surface area contributed by atoms with Crippen LogP contribution >= 0.6 is 0 Å². The summed E-state index contributed by atoms with van der Waals surface area (Å²) in [5.74, 6) is -0.000761. The second-order valence-corrected chi connectivity index (χ2v) is 4.21. The maximum Gasteiger partial charge on any atom is 0.335 e. The van der Waals surface area contributed by atoms with Crippen molar-refractivity contribution in [1.82, 2.24) is 20.5 Å². The zero-order valence-electron chi connectivity index (χ0n) is 10.5. The number of benzene rings is 1. The van der Waals surface area contributed by atoms with E-state index in [1.807, 2.05) is 12.1 Å². The van der Waals surface area contributed by atoms with Gasteiger partial charge in [-0.1, -0.05) is 12.1 Å². The normalized spacial score (nSPS) is 10.5. The molecule has 100 valence electrons. The second-order valence-electron chi connectivity index (χ2n) is 4.21. The number of H-pyrrole nitrogens is 1. The van der Waals surface area contributed by atoms with Gasteiger partial charge in [-0.25, -0.2) is 9.78 Å². The number of carboxylic acids is 1. The van der Waals surface area contributed by atoms with Crippen LogP contribution in [0.2, 0.25) is 0 Å². The van der Waals surface area contributed by atoms with Gasteiger partial charge in [0.25, 0.3) is 0 Å². The molecular weight excluding hydrogens is 244 g/mol. The molecule has 6 nitrogen and oxygen atoms in total. The Labute approximate surface area is 110 Å². The molecule has 19 heavy (non-hydrogen) atoms. The topological polar surface area (TPSA) is 90.9 Å². The molecule has 1 aromatic heterocycles. The summed E-state index contributed by atoms with van der Waals surface area (Å²) in [4.78, 5) is 14.7. The van der Waals surface area contributed by atoms with Gasteiger partial charge < -0.3 is 10.4 Å². The number of carbonyl (C=O) groups is 1. The van der Waals surface area contributed by atoms with Crippen LogP contribution in [-0.4, -0.2) is 32.8 Å². The predicted octanol–water partition coefficient (Wildman–Crippen LogP) is 1.23. The van der Waals surface area contributed by atoms with E-state index in [-0.39, 0.29) is 0 Å². The van der Waals surface area contributed by atoms with E-state index >= 15 is 0 Å². The van der Waals surface area contributed by atoms with Crippen molar-refractivity contribution in [3.63, 3.8) is 0 Å². The van der Waals surface area contributed by atoms with Gasteiger partial charge in [-0.2, -0.15) is 5.10 Å².